The van der Waals surface area contributed by atoms with Crippen molar-refractivity contribution < 1.29 is 0 Å². The van der Waals surface area contributed by atoms with Crippen LogP contribution in [0.2, 0.25) is 0 Å². The third-order valence-corrected chi connectivity index (χ3v) is 15.4. The van der Waals surface area contributed by atoms with Crippen LogP contribution in [-0.2, 0) is 0 Å². The molecule has 0 saturated heterocycles. The molecule has 0 aromatic heterocycles. The van der Waals surface area contributed by atoms with Crippen molar-refractivity contribution in [3.8, 4) is 0 Å². The molecular formula is C70H60N2. The van der Waals surface area contributed by atoms with Crippen molar-refractivity contribution in [2.45, 2.75) is 66.2 Å². The van der Waals surface area contributed by atoms with Crippen LogP contribution in [0.25, 0.3) is 43.8 Å². The van der Waals surface area contributed by atoms with Gasteiger partial charge in [-0.25, -0.2) is 0 Å². The molecule has 10 aromatic carbocycles. The molecule has 2 unspecified atom stereocenters. The van der Waals surface area contributed by atoms with Crippen molar-refractivity contribution in [2.24, 2.45) is 0 Å². The van der Waals surface area contributed by atoms with Crippen molar-refractivity contribution >= 4 is 78.0 Å². The summed E-state index contributed by atoms with van der Waals surface area (Å²) in [6.45, 7) is 13.0. The van der Waals surface area contributed by atoms with Crippen LogP contribution >= 0.6 is 0 Å². The third kappa shape index (κ3) is 7.48. The lowest BCUT2D eigenvalue weighted by Gasteiger charge is -2.36. The normalized spacial score (nSPS) is 15.1. The van der Waals surface area contributed by atoms with Gasteiger partial charge in [0.1, 0.15) is 0 Å². The van der Waals surface area contributed by atoms with Crippen LogP contribution in [0.15, 0.2) is 218 Å². The van der Waals surface area contributed by atoms with Gasteiger partial charge in [-0.2, -0.15) is 0 Å². The summed E-state index contributed by atoms with van der Waals surface area (Å²) in [7, 11) is 0. The Bertz CT molecular complexity index is 3540. The highest BCUT2D eigenvalue weighted by Gasteiger charge is 2.48. The van der Waals surface area contributed by atoms with Crippen LogP contribution in [0.3, 0.4) is 0 Å². The highest BCUT2D eigenvalue weighted by molar-refractivity contribution is 6.36. The fourth-order valence-electron chi connectivity index (χ4n) is 11.8. The quantitative estimate of drug-likeness (QED) is 0.142. The van der Waals surface area contributed by atoms with Crippen molar-refractivity contribution in [1.29, 1.82) is 0 Å². The van der Waals surface area contributed by atoms with E-state index in [0.717, 1.165) is 22.7 Å². The molecule has 0 heterocycles. The molecule has 0 bridgehead atoms. The summed E-state index contributed by atoms with van der Waals surface area (Å²) in [6, 6.07) is 82.3. The van der Waals surface area contributed by atoms with Crippen molar-refractivity contribution in [2.75, 3.05) is 9.80 Å². The number of anilines is 6. The average Bonchev–Trinajstić information content (AvgIpc) is 3.94. The Labute approximate surface area is 425 Å². The topological polar surface area (TPSA) is 6.48 Å². The minimum absolute atomic E-state index is 0.0770. The first-order chi connectivity index (χ1) is 35.3. The zero-order chi connectivity index (χ0) is 49.0. The third-order valence-electron chi connectivity index (χ3n) is 15.4. The van der Waals surface area contributed by atoms with Gasteiger partial charge in [-0.05, 0) is 155 Å². The minimum atomic E-state index is 0.0770. The molecule has 0 N–H and O–H groups in total. The fourth-order valence-corrected chi connectivity index (χ4v) is 11.8. The number of nitrogens with zero attached hydrogens (tertiary/aromatic N) is 2. The first-order valence-electron chi connectivity index (χ1n) is 25.9. The van der Waals surface area contributed by atoms with E-state index in [1.54, 1.807) is 0 Å². The van der Waals surface area contributed by atoms with Gasteiger partial charge >= 0.3 is 0 Å². The number of unbranched alkanes of at least 4 members (excludes halogenated alkanes) is 1. The molecule has 2 heteroatoms. The van der Waals surface area contributed by atoms with E-state index < -0.39 is 0 Å². The highest BCUT2D eigenvalue weighted by atomic mass is 15.1. The summed E-state index contributed by atoms with van der Waals surface area (Å²) in [6.07, 6.45) is 2.64. The van der Waals surface area contributed by atoms with E-state index in [4.69, 9.17) is 0 Å². The van der Waals surface area contributed by atoms with Crippen LogP contribution in [-0.4, -0.2) is 0 Å². The Kier molecular flexibility index (Phi) is 11.6. The van der Waals surface area contributed by atoms with Gasteiger partial charge in [-0.1, -0.05) is 207 Å². The molecule has 72 heavy (non-hydrogen) atoms. The first-order valence-corrected chi connectivity index (χ1v) is 25.9. The van der Waals surface area contributed by atoms with Gasteiger partial charge in [-0.3, -0.25) is 0 Å². The second kappa shape index (κ2) is 18.5. The number of allylic oxidation sites excluding steroid dienone is 4. The lowest BCUT2D eigenvalue weighted by molar-refractivity contribution is 0.808. The Morgan fingerprint density at radius 3 is 1.10 bits per heavy atom. The minimum Gasteiger partial charge on any atom is -0.310 e. The molecule has 13 rings (SSSR count). The van der Waals surface area contributed by atoms with E-state index in [0.29, 0.717) is 0 Å². The Morgan fingerprint density at radius 1 is 0.319 bits per heavy atom. The first kappa shape index (κ1) is 45.0. The van der Waals surface area contributed by atoms with Crippen LogP contribution < -0.4 is 9.80 Å². The Morgan fingerprint density at radius 2 is 0.681 bits per heavy atom. The summed E-state index contributed by atoms with van der Waals surface area (Å²) in [5, 5.41) is 5.21. The number of benzene rings is 10. The van der Waals surface area contributed by atoms with Crippen molar-refractivity contribution in [3.63, 3.8) is 0 Å². The maximum Gasteiger partial charge on any atom is 0.0540 e. The highest BCUT2D eigenvalue weighted by Crippen LogP contribution is 2.68. The Balaban J connectivity index is 0.00000128. The Hall–Kier alpha value is -8.20. The molecule has 0 fully saturated rings. The molecule has 0 radical (unpaired) electrons. The van der Waals surface area contributed by atoms with Crippen molar-refractivity contribution in [1.82, 2.24) is 0 Å². The number of fused-ring (bicyclic) bond motifs is 6. The van der Waals surface area contributed by atoms with Crippen LogP contribution in [0.4, 0.5) is 34.1 Å². The van der Waals surface area contributed by atoms with E-state index in [9.17, 15) is 0 Å². The smallest absolute Gasteiger partial charge is 0.0540 e. The van der Waals surface area contributed by atoms with E-state index in [1.807, 2.05) is 0 Å². The van der Waals surface area contributed by atoms with Gasteiger partial charge in [0.15, 0.2) is 0 Å². The predicted octanol–water partition coefficient (Wildman–Crippen LogP) is 19.7. The van der Waals surface area contributed by atoms with E-state index in [2.05, 4.69) is 270 Å². The number of aryl methyl sites for hydroxylation is 4. The number of rotatable bonds is 9. The average molecular weight is 929 g/mol. The second-order valence-electron chi connectivity index (χ2n) is 20.1. The van der Waals surface area contributed by atoms with Gasteiger partial charge in [0, 0.05) is 45.4 Å². The van der Waals surface area contributed by atoms with Crippen LogP contribution in [0, 0.1) is 27.7 Å². The van der Waals surface area contributed by atoms with E-state index in [1.165, 1.54) is 124 Å². The summed E-state index contributed by atoms with van der Waals surface area (Å²) in [5.74, 6) is 0.154. The van der Waals surface area contributed by atoms with Crippen LogP contribution in [0.1, 0.15) is 94.2 Å². The van der Waals surface area contributed by atoms with Gasteiger partial charge in [-0.15, -0.1) is 0 Å². The maximum absolute atomic E-state index is 2.47. The monoisotopic (exact) mass is 928 g/mol. The zero-order valence-corrected chi connectivity index (χ0v) is 42.2. The second-order valence-corrected chi connectivity index (χ2v) is 20.1. The number of hydrogen-bond donors (Lipinski definition) is 0. The molecular weight excluding hydrogens is 869 g/mol. The van der Waals surface area contributed by atoms with Gasteiger partial charge in [0.05, 0.1) is 11.4 Å². The SMILES string of the molecule is CCCC.Cc1ccc(N(c2ccc(C)cc2)c2ccc3c4c(cccc24)C2=C(c4ccccc4)C4c5ccc(N(c6ccc(C)cc6)c6ccc(C)cc6)c6cccc(c56)C4C(c4ccccc4)=C23)cc1. The van der Waals surface area contributed by atoms with Gasteiger partial charge < -0.3 is 9.80 Å². The molecule has 2 nitrogen and oxygen atoms in total. The molecule has 0 saturated carbocycles. The zero-order valence-electron chi connectivity index (χ0n) is 42.2. The lowest BCUT2D eigenvalue weighted by atomic mass is 9.66. The summed E-state index contributed by atoms with van der Waals surface area (Å²) >= 11 is 0. The molecule has 3 aliphatic rings. The maximum atomic E-state index is 2.47. The lowest BCUT2D eigenvalue weighted by Crippen LogP contribution is -2.17. The molecule has 350 valence electrons. The van der Waals surface area contributed by atoms with Gasteiger partial charge in [0.2, 0.25) is 0 Å². The van der Waals surface area contributed by atoms with E-state index in [-0.39, 0.29) is 11.8 Å². The molecule has 2 atom stereocenters. The molecule has 0 aliphatic heterocycles. The molecule has 0 spiro atoms. The van der Waals surface area contributed by atoms with E-state index >= 15 is 0 Å². The number of hydrogen-bond acceptors (Lipinski definition) is 2. The summed E-state index contributed by atoms with van der Waals surface area (Å²) < 4.78 is 0. The van der Waals surface area contributed by atoms with Crippen LogP contribution in [0.5, 0.6) is 0 Å². The fraction of sp³-hybridized carbons (Fsp3) is 0.143. The van der Waals surface area contributed by atoms with Crippen molar-refractivity contribution in [3.05, 3.63) is 274 Å². The molecule has 3 aliphatic carbocycles. The summed E-state index contributed by atoms with van der Waals surface area (Å²) in [4.78, 5) is 4.90. The largest absolute Gasteiger partial charge is 0.310 e. The molecule has 10 aromatic rings. The predicted molar refractivity (Wildman–Crippen MR) is 309 cm³/mol. The van der Waals surface area contributed by atoms with Gasteiger partial charge in [0.25, 0.3) is 0 Å². The summed E-state index contributed by atoms with van der Waals surface area (Å²) in [5.41, 5.74) is 25.4. The molecule has 0 amide bonds. The standard InChI is InChI=1S/C66H50N2.C4H10/c1-41-21-29-47(30-22-41)67(48-31-23-42(2)24-32-48)57-39-37-55-61-51(57)17-11-19-53(61)63-59(45-13-7-5-8-14-45)66-56-38-40-58(68(49-33-25-43(3)26-34-49)50-35-27-44(4)28-36-50)52-18-12-20-54(62(52)56)64(66)60(65(55)63)46-15-9-6-10-16-46;1-3-4-2/h5-40,63,65H,1-4H3;3-4H2,1-2H3.